The molecule has 0 radical (unpaired) electrons. The van der Waals surface area contributed by atoms with Gasteiger partial charge < -0.3 is 10.2 Å². The first-order valence-corrected chi connectivity index (χ1v) is 7.97. The van der Waals surface area contributed by atoms with Crippen molar-refractivity contribution in [3.05, 3.63) is 24.3 Å². The normalized spacial score (nSPS) is 18.4. The van der Waals surface area contributed by atoms with Crippen molar-refractivity contribution >= 4 is 0 Å². The lowest BCUT2D eigenvalue weighted by molar-refractivity contribution is 0.189. The lowest BCUT2D eigenvalue weighted by Gasteiger charge is -2.31. The molecule has 1 unspecified atom stereocenters. The molecule has 0 amide bonds. The summed E-state index contributed by atoms with van der Waals surface area (Å²) in [6.45, 7) is 4.37. The van der Waals surface area contributed by atoms with Crippen LogP contribution in [0.3, 0.4) is 0 Å². The van der Waals surface area contributed by atoms with Crippen molar-refractivity contribution < 1.29 is 0 Å². The number of aromatic nitrogens is 2. The van der Waals surface area contributed by atoms with Crippen LogP contribution in [0, 0.1) is 0 Å². The second-order valence-electron chi connectivity index (χ2n) is 5.93. The predicted octanol–water partition coefficient (Wildman–Crippen LogP) is 2.78. The van der Waals surface area contributed by atoms with E-state index in [1.165, 1.54) is 45.1 Å². The maximum atomic E-state index is 4.33. The van der Waals surface area contributed by atoms with Crippen LogP contribution in [0.4, 0.5) is 0 Å². The Kier molecular flexibility index (Phi) is 6.40. The number of hydrogen-bond donors (Lipinski definition) is 1. The minimum atomic E-state index is 0.281. The average Bonchev–Trinajstić information content (AvgIpc) is 2.53. The molecule has 1 N–H and O–H groups in total. The van der Waals surface area contributed by atoms with E-state index < -0.39 is 0 Å². The van der Waals surface area contributed by atoms with Gasteiger partial charge >= 0.3 is 0 Å². The first-order chi connectivity index (χ1) is 9.77. The molecular formula is C16H28N4. The molecule has 1 heterocycles. The van der Waals surface area contributed by atoms with Crippen molar-refractivity contribution in [1.82, 2.24) is 20.2 Å². The van der Waals surface area contributed by atoms with Crippen LogP contribution < -0.4 is 5.32 Å². The molecule has 0 aromatic carbocycles. The van der Waals surface area contributed by atoms with Crippen molar-refractivity contribution in [2.45, 2.75) is 57.5 Å². The van der Waals surface area contributed by atoms with Gasteiger partial charge in [0.25, 0.3) is 0 Å². The molecule has 1 saturated carbocycles. The fraction of sp³-hybridized carbons (Fsp3) is 0.750. The minimum Gasteiger partial charge on any atom is -0.309 e. The van der Waals surface area contributed by atoms with Gasteiger partial charge in [-0.25, -0.2) is 0 Å². The number of nitrogens with zero attached hydrogens (tertiary/aromatic N) is 3. The highest BCUT2D eigenvalue weighted by molar-refractivity contribution is 5.00. The molecule has 0 bridgehead atoms. The first kappa shape index (κ1) is 15.4. The van der Waals surface area contributed by atoms with E-state index in [1.54, 1.807) is 12.4 Å². The molecule has 1 fully saturated rings. The third-order valence-corrected chi connectivity index (χ3v) is 4.36. The zero-order chi connectivity index (χ0) is 14.2. The fourth-order valence-electron chi connectivity index (χ4n) is 2.99. The number of rotatable bonds is 7. The van der Waals surface area contributed by atoms with Crippen molar-refractivity contribution in [3.8, 4) is 0 Å². The third-order valence-electron chi connectivity index (χ3n) is 4.36. The molecule has 0 saturated heterocycles. The Labute approximate surface area is 123 Å². The molecular weight excluding hydrogens is 248 g/mol. The summed E-state index contributed by atoms with van der Waals surface area (Å²) in [5, 5.41) is 3.53. The standard InChI is InChI=1S/C16H28N4/c1-14(16-13-17-10-11-19-16)18-9-6-12-20(2)15-7-4-3-5-8-15/h10-11,13-15,18H,3-9,12H2,1-2H3. The van der Waals surface area contributed by atoms with Crippen molar-refractivity contribution in [2.75, 3.05) is 20.1 Å². The second-order valence-corrected chi connectivity index (χ2v) is 5.93. The lowest BCUT2D eigenvalue weighted by atomic mass is 9.94. The maximum absolute atomic E-state index is 4.33. The molecule has 0 aliphatic heterocycles. The van der Waals surface area contributed by atoms with Crippen molar-refractivity contribution in [1.29, 1.82) is 0 Å². The van der Waals surface area contributed by atoms with Gasteiger partial charge in [0.15, 0.2) is 0 Å². The van der Waals surface area contributed by atoms with Gasteiger partial charge in [0, 0.05) is 30.7 Å². The highest BCUT2D eigenvalue weighted by Gasteiger charge is 2.17. The molecule has 1 aromatic heterocycles. The summed E-state index contributed by atoms with van der Waals surface area (Å²) in [4.78, 5) is 11.0. The van der Waals surface area contributed by atoms with E-state index in [-0.39, 0.29) is 6.04 Å². The van der Waals surface area contributed by atoms with E-state index in [9.17, 15) is 0 Å². The van der Waals surface area contributed by atoms with E-state index in [4.69, 9.17) is 0 Å². The predicted molar refractivity (Wildman–Crippen MR) is 82.6 cm³/mol. The zero-order valence-electron chi connectivity index (χ0n) is 12.9. The monoisotopic (exact) mass is 276 g/mol. The van der Waals surface area contributed by atoms with Gasteiger partial charge in [-0.05, 0) is 46.3 Å². The Morgan fingerprint density at radius 2 is 2.10 bits per heavy atom. The zero-order valence-corrected chi connectivity index (χ0v) is 12.9. The molecule has 20 heavy (non-hydrogen) atoms. The second kappa shape index (κ2) is 8.32. The smallest absolute Gasteiger partial charge is 0.0753 e. The van der Waals surface area contributed by atoms with Crippen LogP contribution in [-0.4, -0.2) is 41.0 Å². The summed E-state index contributed by atoms with van der Waals surface area (Å²) in [6, 6.07) is 1.10. The van der Waals surface area contributed by atoms with Gasteiger partial charge in [-0.2, -0.15) is 0 Å². The van der Waals surface area contributed by atoms with Crippen LogP contribution in [-0.2, 0) is 0 Å². The van der Waals surface area contributed by atoms with Crippen LogP contribution >= 0.6 is 0 Å². The first-order valence-electron chi connectivity index (χ1n) is 7.97. The Morgan fingerprint density at radius 3 is 2.80 bits per heavy atom. The molecule has 112 valence electrons. The van der Waals surface area contributed by atoms with Crippen LogP contribution in [0.25, 0.3) is 0 Å². The van der Waals surface area contributed by atoms with Gasteiger partial charge in [-0.3, -0.25) is 9.97 Å². The maximum Gasteiger partial charge on any atom is 0.0753 e. The molecule has 1 aliphatic carbocycles. The molecule has 1 atom stereocenters. The molecule has 4 nitrogen and oxygen atoms in total. The molecule has 2 rings (SSSR count). The summed E-state index contributed by atoms with van der Waals surface area (Å²) in [5.74, 6) is 0. The molecule has 1 aliphatic rings. The Hall–Kier alpha value is -1.00. The average molecular weight is 276 g/mol. The quantitative estimate of drug-likeness (QED) is 0.778. The summed E-state index contributed by atoms with van der Waals surface area (Å²) in [7, 11) is 2.28. The van der Waals surface area contributed by atoms with Gasteiger partial charge in [-0.15, -0.1) is 0 Å². The van der Waals surface area contributed by atoms with Crippen LogP contribution in [0.2, 0.25) is 0 Å². The van der Waals surface area contributed by atoms with Gasteiger partial charge in [-0.1, -0.05) is 19.3 Å². The highest BCUT2D eigenvalue weighted by atomic mass is 15.1. The summed E-state index contributed by atoms with van der Waals surface area (Å²) in [5.41, 5.74) is 1.02. The Balaban J connectivity index is 1.61. The Bertz CT molecular complexity index is 362. The van der Waals surface area contributed by atoms with E-state index >= 15 is 0 Å². The highest BCUT2D eigenvalue weighted by Crippen LogP contribution is 2.21. The molecule has 0 spiro atoms. The summed E-state index contributed by atoms with van der Waals surface area (Å²) in [6.07, 6.45) is 13.5. The van der Waals surface area contributed by atoms with Crippen molar-refractivity contribution in [3.63, 3.8) is 0 Å². The van der Waals surface area contributed by atoms with Crippen molar-refractivity contribution in [2.24, 2.45) is 0 Å². The number of hydrogen-bond acceptors (Lipinski definition) is 4. The SMILES string of the molecule is CC(NCCCN(C)C1CCCCC1)c1cnccn1. The van der Waals surface area contributed by atoms with E-state index in [1.807, 2.05) is 6.20 Å². The molecule has 4 heteroatoms. The lowest BCUT2D eigenvalue weighted by Crippen LogP contribution is -2.35. The van der Waals surface area contributed by atoms with Gasteiger partial charge in [0.05, 0.1) is 5.69 Å². The number of nitrogens with one attached hydrogen (secondary N) is 1. The minimum absolute atomic E-state index is 0.281. The summed E-state index contributed by atoms with van der Waals surface area (Å²) < 4.78 is 0. The summed E-state index contributed by atoms with van der Waals surface area (Å²) >= 11 is 0. The fourth-order valence-corrected chi connectivity index (χ4v) is 2.99. The van der Waals surface area contributed by atoms with Crippen LogP contribution in [0.1, 0.15) is 57.2 Å². The topological polar surface area (TPSA) is 41.0 Å². The third kappa shape index (κ3) is 4.84. The molecule has 1 aromatic rings. The van der Waals surface area contributed by atoms with E-state index in [0.717, 1.165) is 18.3 Å². The van der Waals surface area contributed by atoms with Crippen LogP contribution in [0.5, 0.6) is 0 Å². The van der Waals surface area contributed by atoms with E-state index in [2.05, 4.69) is 34.2 Å². The Morgan fingerprint density at radius 1 is 1.30 bits per heavy atom. The van der Waals surface area contributed by atoms with E-state index in [0.29, 0.717) is 0 Å². The van der Waals surface area contributed by atoms with Gasteiger partial charge in [0.2, 0.25) is 0 Å². The van der Waals surface area contributed by atoms with Gasteiger partial charge in [0.1, 0.15) is 0 Å². The largest absolute Gasteiger partial charge is 0.309 e. The van der Waals surface area contributed by atoms with Crippen LogP contribution in [0.15, 0.2) is 18.6 Å².